The van der Waals surface area contributed by atoms with Crippen molar-refractivity contribution in [3.63, 3.8) is 0 Å². The SMILES string of the molecule is CC.CCCCN.CCCCN.CN(C)CCc1cn(C)c2ccccc12.COc1ccc2c(c1)c(CCN(C)C)cn2C(=O)CN.NCC=O. The highest BCUT2D eigenvalue weighted by Crippen LogP contribution is 2.26. The van der Waals surface area contributed by atoms with Crippen LogP contribution in [0.2, 0.25) is 0 Å². The van der Waals surface area contributed by atoms with Crippen LogP contribution in [0.3, 0.4) is 0 Å². The molecule has 2 aromatic carbocycles. The zero-order valence-corrected chi connectivity index (χ0v) is 33.6. The number of para-hydroxylation sites is 1. The lowest BCUT2D eigenvalue weighted by molar-refractivity contribution is -0.106. The topological polar surface area (TPSA) is 164 Å². The van der Waals surface area contributed by atoms with Crippen LogP contribution in [0.1, 0.15) is 69.3 Å². The largest absolute Gasteiger partial charge is 0.497 e. The van der Waals surface area contributed by atoms with Crippen molar-refractivity contribution in [2.24, 2.45) is 30.0 Å². The number of aromatic nitrogens is 2. The number of likely N-dealkylation sites (N-methyl/N-ethyl adjacent to an activating group) is 2. The number of benzene rings is 2. The highest BCUT2D eigenvalue weighted by atomic mass is 16.5. The third-order valence-corrected chi connectivity index (χ3v) is 7.39. The van der Waals surface area contributed by atoms with Gasteiger partial charge in [-0.2, -0.15) is 0 Å². The third kappa shape index (κ3) is 20.2. The first-order chi connectivity index (χ1) is 24.5. The summed E-state index contributed by atoms with van der Waals surface area (Å²) in [5.74, 6) is 0.692. The van der Waals surface area contributed by atoms with Crippen LogP contribution < -0.4 is 27.7 Å². The van der Waals surface area contributed by atoms with Crippen molar-refractivity contribution in [1.29, 1.82) is 0 Å². The van der Waals surface area contributed by atoms with Crippen LogP contribution in [0.5, 0.6) is 5.75 Å². The normalized spacial score (nSPS) is 10.0. The van der Waals surface area contributed by atoms with Crippen molar-refractivity contribution in [3.8, 4) is 5.75 Å². The smallest absolute Gasteiger partial charge is 0.244 e. The number of unbranched alkanes of at least 4 members (excludes halogenated alkanes) is 2. The Morgan fingerprint density at radius 1 is 0.784 bits per heavy atom. The van der Waals surface area contributed by atoms with Gasteiger partial charge in [-0.15, -0.1) is 0 Å². The molecule has 2 heterocycles. The quantitative estimate of drug-likeness (QED) is 0.135. The minimum Gasteiger partial charge on any atom is -0.497 e. The molecule has 4 aromatic rings. The number of hydrogen-bond donors (Lipinski definition) is 4. The monoisotopic (exact) mass is 713 g/mol. The van der Waals surface area contributed by atoms with Crippen molar-refractivity contribution < 1.29 is 14.3 Å². The van der Waals surface area contributed by atoms with Gasteiger partial charge in [0, 0.05) is 55.4 Å². The van der Waals surface area contributed by atoms with E-state index in [0.717, 1.165) is 61.2 Å². The first-order valence-electron chi connectivity index (χ1n) is 18.3. The third-order valence-electron chi connectivity index (χ3n) is 7.39. The zero-order valence-electron chi connectivity index (χ0n) is 33.6. The van der Waals surface area contributed by atoms with E-state index in [1.54, 1.807) is 11.7 Å². The number of carbonyl (C=O) groups is 2. The van der Waals surface area contributed by atoms with Gasteiger partial charge in [0.15, 0.2) is 0 Å². The van der Waals surface area contributed by atoms with Crippen molar-refractivity contribution in [2.75, 3.05) is 74.6 Å². The highest BCUT2D eigenvalue weighted by Gasteiger charge is 2.13. The van der Waals surface area contributed by atoms with Gasteiger partial charge in [-0.1, -0.05) is 58.7 Å². The number of methoxy groups -OCH3 is 1. The van der Waals surface area contributed by atoms with Gasteiger partial charge in [-0.3, -0.25) is 9.36 Å². The van der Waals surface area contributed by atoms with Crippen LogP contribution in [0.15, 0.2) is 54.9 Å². The molecule has 51 heavy (non-hydrogen) atoms. The Morgan fingerprint density at radius 2 is 1.29 bits per heavy atom. The van der Waals surface area contributed by atoms with E-state index in [-0.39, 0.29) is 19.0 Å². The number of aryl methyl sites for hydroxylation is 1. The van der Waals surface area contributed by atoms with Crippen molar-refractivity contribution >= 4 is 34.0 Å². The molecular weight excluding hydrogens is 640 g/mol. The molecule has 2 aromatic heterocycles. The summed E-state index contributed by atoms with van der Waals surface area (Å²) in [6.07, 6.45) is 11.6. The van der Waals surface area contributed by atoms with Crippen LogP contribution in [0.25, 0.3) is 21.8 Å². The summed E-state index contributed by atoms with van der Waals surface area (Å²) in [6, 6.07) is 14.3. The molecule has 0 saturated carbocycles. The van der Waals surface area contributed by atoms with Crippen LogP contribution in [-0.4, -0.2) is 106 Å². The minimum absolute atomic E-state index is 0.00291. The van der Waals surface area contributed by atoms with E-state index >= 15 is 0 Å². The number of rotatable bonds is 13. The molecule has 0 aliphatic heterocycles. The van der Waals surface area contributed by atoms with Crippen molar-refractivity contribution in [3.05, 3.63) is 66.0 Å². The summed E-state index contributed by atoms with van der Waals surface area (Å²) in [5.41, 5.74) is 25.2. The maximum Gasteiger partial charge on any atom is 0.244 e. The average Bonchev–Trinajstić information content (AvgIpc) is 3.68. The molecule has 11 heteroatoms. The summed E-state index contributed by atoms with van der Waals surface area (Å²) in [5, 5.41) is 2.44. The Bertz CT molecular complexity index is 1440. The van der Waals surface area contributed by atoms with Gasteiger partial charge in [0.25, 0.3) is 0 Å². The number of carbonyl (C=O) groups excluding carboxylic acids is 2. The molecule has 0 aliphatic carbocycles. The van der Waals surface area contributed by atoms with E-state index in [4.69, 9.17) is 26.7 Å². The van der Waals surface area contributed by atoms with Crippen LogP contribution in [0.4, 0.5) is 0 Å². The van der Waals surface area contributed by atoms with E-state index in [9.17, 15) is 4.79 Å². The summed E-state index contributed by atoms with van der Waals surface area (Å²) in [7, 11) is 12.1. The number of hydrogen-bond acceptors (Lipinski definition) is 9. The Balaban J connectivity index is 0. The van der Waals surface area contributed by atoms with E-state index in [0.29, 0.717) is 6.29 Å². The lowest BCUT2D eigenvalue weighted by Crippen LogP contribution is -2.20. The molecule has 0 bridgehead atoms. The number of aldehydes is 1. The molecule has 0 amide bonds. The molecular formula is C40H72N8O3. The summed E-state index contributed by atoms with van der Waals surface area (Å²) in [4.78, 5) is 25.3. The van der Waals surface area contributed by atoms with Gasteiger partial charge >= 0.3 is 0 Å². The summed E-state index contributed by atoms with van der Waals surface area (Å²) >= 11 is 0. The zero-order chi connectivity index (χ0) is 39.2. The molecule has 0 aliphatic rings. The fourth-order valence-electron chi connectivity index (χ4n) is 4.63. The standard InChI is InChI=1S/C15H21N3O2.C13H18N2.2C4H11N.C2H5NO.C2H6/c1-17(2)7-6-11-10-18(15(19)9-16)14-5-4-12(20-3)8-13(11)14;1-14(2)9-8-11-10-15(3)13-7-5-4-6-12(11)13;2*1-2-3-4-5;3-1-2-4;1-2/h4-5,8,10H,6-7,9,16H2,1-3H3;4-7,10H,8-9H2,1-3H3;2*2-5H2,1H3;2H,1,3H2;1-2H3. The molecule has 0 saturated heterocycles. The molecule has 290 valence electrons. The van der Waals surface area contributed by atoms with Gasteiger partial charge in [0.2, 0.25) is 5.91 Å². The molecule has 0 spiro atoms. The maximum atomic E-state index is 11.9. The number of ether oxygens (including phenoxy) is 1. The maximum absolute atomic E-state index is 11.9. The van der Waals surface area contributed by atoms with Crippen LogP contribution >= 0.6 is 0 Å². The number of fused-ring (bicyclic) bond motifs is 2. The molecule has 0 unspecified atom stereocenters. The Hall–Kier alpha value is -3.58. The minimum atomic E-state index is -0.101. The lowest BCUT2D eigenvalue weighted by Gasteiger charge is -2.08. The fraction of sp³-hybridized carbons (Fsp3) is 0.550. The summed E-state index contributed by atoms with van der Waals surface area (Å²) in [6.45, 7) is 12.1. The van der Waals surface area contributed by atoms with Crippen molar-refractivity contribution in [2.45, 2.75) is 66.2 Å². The fourth-order valence-corrected chi connectivity index (χ4v) is 4.63. The molecule has 4 rings (SSSR count). The molecule has 0 atom stereocenters. The highest BCUT2D eigenvalue weighted by molar-refractivity contribution is 5.95. The Morgan fingerprint density at radius 3 is 1.71 bits per heavy atom. The van der Waals surface area contributed by atoms with E-state index in [1.165, 1.54) is 42.1 Å². The average molecular weight is 713 g/mol. The molecule has 11 nitrogen and oxygen atoms in total. The van der Waals surface area contributed by atoms with E-state index in [1.807, 2.05) is 52.3 Å². The van der Waals surface area contributed by atoms with E-state index < -0.39 is 0 Å². The van der Waals surface area contributed by atoms with Crippen molar-refractivity contribution in [1.82, 2.24) is 18.9 Å². The summed E-state index contributed by atoms with van der Waals surface area (Å²) < 4.78 is 9.12. The second-order valence-electron chi connectivity index (χ2n) is 12.1. The van der Waals surface area contributed by atoms with Gasteiger partial charge in [-0.05, 0) is 102 Å². The number of nitrogens with zero attached hydrogens (tertiary/aromatic N) is 4. The molecule has 0 radical (unpaired) electrons. The van der Waals surface area contributed by atoms with E-state index in [2.05, 4.69) is 85.6 Å². The van der Waals surface area contributed by atoms with Crippen LogP contribution in [-0.2, 0) is 24.7 Å². The molecule has 8 N–H and O–H groups in total. The predicted octanol–water partition coefficient (Wildman–Crippen LogP) is 5.30. The van der Waals surface area contributed by atoms with Crippen LogP contribution in [0, 0.1) is 0 Å². The second-order valence-corrected chi connectivity index (χ2v) is 12.1. The van der Waals surface area contributed by atoms with Gasteiger partial charge < -0.3 is 46.8 Å². The number of nitrogens with two attached hydrogens (primary N) is 4. The first-order valence-corrected chi connectivity index (χ1v) is 18.3. The predicted molar refractivity (Wildman–Crippen MR) is 220 cm³/mol. The van der Waals surface area contributed by atoms with Gasteiger partial charge in [0.1, 0.15) is 12.0 Å². The molecule has 0 fully saturated rings. The Labute approximate surface area is 309 Å². The first kappa shape index (κ1) is 49.5. The Kier molecular flexibility index (Phi) is 30.3. The van der Waals surface area contributed by atoms with Gasteiger partial charge in [-0.25, -0.2) is 0 Å². The lowest BCUT2D eigenvalue weighted by atomic mass is 10.1. The second kappa shape index (κ2) is 31.2. The van der Waals surface area contributed by atoms with Gasteiger partial charge in [0.05, 0.1) is 19.2 Å².